The Balaban J connectivity index is 1.30. The first kappa shape index (κ1) is 21.1. The Bertz CT molecular complexity index is 963. The Morgan fingerprint density at radius 3 is 2.23 bits per heavy atom. The summed E-state index contributed by atoms with van der Waals surface area (Å²) in [4.78, 5) is 17.5. The van der Waals surface area contributed by atoms with Gasteiger partial charge in [-0.15, -0.1) is 0 Å². The molecule has 1 amide bonds. The lowest BCUT2D eigenvalue weighted by Gasteiger charge is -2.21. The van der Waals surface area contributed by atoms with Crippen molar-refractivity contribution in [2.75, 3.05) is 38.0 Å². The molecule has 5 nitrogen and oxygen atoms in total. The van der Waals surface area contributed by atoms with Crippen LogP contribution in [0, 0.1) is 0 Å². The molecule has 0 atom stereocenters. The maximum Gasteiger partial charge on any atom is 0.238 e. The summed E-state index contributed by atoms with van der Waals surface area (Å²) in [6, 6.07) is 27.7. The third-order valence-electron chi connectivity index (χ3n) is 5.43. The van der Waals surface area contributed by atoms with Crippen LogP contribution in [0.5, 0.6) is 11.5 Å². The van der Waals surface area contributed by atoms with Gasteiger partial charge in [0.05, 0.1) is 12.2 Å². The molecule has 1 N–H and O–H groups in total. The van der Waals surface area contributed by atoms with Gasteiger partial charge in [0.15, 0.2) is 5.75 Å². The molecule has 3 aromatic rings. The summed E-state index contributed by atoms with van der Waals surface area (Å²) < 4.78 is 5.96. The van der Waals surface area contributed by atoms with Crippen LogP contribution in [0.25, 0.3) is 0 Å². The van der Waals surface area contributed by atoms with Crippen LogP contribution in [0.2, 0.25) is 0 Å². The zero-order valence-corrected chi connectivity index (χ0v) is 17.7. The molecule has 0 saturated carbocycles. The maximum atomic E-state index is 12.7. The van der Waals surface area contributed by atoms with Gasteiger partial charge in [0.2, 0.25) is 5.91 Å². The van der Waals surface area contributed by atoms with E-state index in [0.29, 0.717) is 18.0 Å². The van der Waals surface area contributed by atoms with Crippen molar-refractivity contribution in [3.05, 3.63) is 90.5 Å². The van der Waals surface area contributed by atoms with Gasteiger partial charge in [-0.2, -0.15) is 0 Å². The maximum absolute atomic E-state index is 12.7. The first-order valence-electron chi connectivity index (χ1n) is 10.9. The van der Waals surface area contributed by atoms with Crippen molar-refractivity contribution in [3.8, 4) is 11.5 Å². The molecule has 0 radical (unpaired) electrons. The Kier molecular flexibility index (Phi) is 7.32. The number of nitrogens with zero attached hydrogens (tertiary/aromatic N) is 2. The van der Waals surface area contributed by atoms with Crippen molar-refractivity contribution in [1.82, 2.24) is 9.80 Å². The number of amides is 1. The van der Waals surface area contributed by atoms with E-state index in [1.807, 2.05) is 54.6 Å². The second kappa shape index (κ2) is 10.8. The van der Waals surface area contributed by atoms with E-state index in [9.17, 15) is 4.79 Å². The predicted molar refractivity (Wildman–Crippen MR) is 124 cm³/mol. The van der Waals surface area contributed by atoms with Crippen LogP contribution in [0.4, 0.5) is 5.69 Å². The van der Waals surface area contributed by atoms with Gasteiger partial charge in [0, 0.05) is 19.6 Å². The molecule has 4 rings (SSSR count). The summed E-state index contributed by atoms with van der Waals surface area (Å²) in [6.07, 6.45) is 1.06. The summed E-state index contributed by atoms with van der Waals surface area (Å²) >= 11 is 0. The molecule has 1 saturated heterocycles. The van der Waals surface area contributed by atoms with Crippen LogP contribution in [0.15, 0.2) is 84.9 Å². The molecule has 0 aliphatic carbocycles. The molecule has 160 valence electrons. The number of hydrogen-bond acceptors (Lipinski definition) is 4. The van der Waals surface area contributed by atoms with Gasteiger partial charge in [-0.1, -0.05) is 60.7 Å². The minimum absolute atomic E-state index is 0.0133. The molecule has 1 aliphatic rings. The number of anilines is 1. The van der Waals surface area contributed by atoms with Crippen molar-refractivity contribution in [3.63, 3.8) is 0 Å². The van der Waals surface area contributed by atoms with Crippen LogP contribution in [0.3, 0.4) is 0 Å². The second-order valence-corrected chi connectivity index (χ2v) is 7.85. The van der Waals surface area contributed by atoms with Crippen LogP contribution in [-0.4, -0.2) is 48.4 Å². The first-order chi connectivity index (χ1) is 15.3. The van der Waals surface area contributed by atoms with Gasteiger partial charge in [-0.05, 0) is 49.3 Å². The average molecular weight is 416 g/mol. The predicted octanol–water partition coefficient (Wildman–Crippen LogP) is 4.63. The third kappa shape index (κ3) is 6.41. The van der Waals surface area contributed by atoms with Crippen molar-refractivity contribution in [2.24, 2.45) is 0 Å². The number of ether oxygens (including phenoxy) is 1. The summed E-state index contributed by atoms with van der Waals surface area (Å²) in [5, 5.41) is 3.03. The molecule has 1 aliphatic heterocycles. The number of para-hydroxylation sites is 3. The smallest absolute Gasteiger partial charge is 0.238 e. The number of carbonyl (C=O) groups excluding carboxylic acids is 1. The quantitative estimate of drug-likeness (QED) is 0.611. The molecule has 3 aromatic carbocycles. The highest BCUT2D eigenvalue weighted by molar-refractivity contribution is 5.93. The molecular weight excluding hydrogens is 386 g/mol. The fourth-order valence-corrected chi connectivity index (χ4v) is 3.85. The van der Waals surface area contributed by atoms with Crippen LogP contribution in [0.1, 0.15) is 12.0 Å². The van der Waals surface area contributed by atoms with E-state index < -0.39 is 0 Å². The Hall–Kier alpha value is -3.15. The minimum atomic E-state index is -0.0133. The van der Waals surface area contributed by atoms with E-state index in [2.05, 4.69) is 45.4 Å². The molecule has 31 heavy (non-hydrogen) atoms. The van der Waals surface area contributed by atoms with E-state index in [1.165, 1.54) is 5.56 Å². The second-order valence-electron chi connectivity index (χ2n) is 7.85. The monoisotopic (exact) mass is 415 g/mol. The average Bonchev–Trinajstić information content (AvgIpc) is 3.01. The van der Waals surface area contributed by atoms with Crippen LogP contribution < -0.4 is 10.1 Å². The van der Waals surface area contributed by atoms with Crippen molar-refractivity contribution >= 4 is 11.6 Å². The number of carbonyl (C=O) groups is 1. The highest BCUT2D eigenvalue weighted by Crippen LogP contribution is 2.29. The Morgan fingerprint density at radius 1 is 0.774 bits per heavy atom. The minimum Gasteiger partial charge on any atom is -0.455 e. The molecule has 0 aromatic heterocycles. The molecule has 1 heterocycles. The number of rotatable bonds is 7. The van der Waals surface area contributed by atoms with Gasteiger partial charge in [0.1, 0.15) is 5.75 Å². The zero-order valence-electron chi connectivity index (χ0n) is 17.7. The van der Waals surface area contributed by atoms with Gasteiger partial charge >= 0.3 is 0 Å². The van der Waals surface area contributed by atoms with E-state index in [4.69, 9.17) is 4.74 Å². The third-order valence-corrected chi connectivity index (χ3v) is 5.43. The lowest BCUT2D eigenvalue weighted by Crippen LogP contribution is -2.36. The number of benzene rings is 3. The normalized spacial score (nSPS) is 15.2. The van der Waals surface area contributed by atoms with E-state index >= 15 is 0 Å². The molecule has 0 spiro atoms. The Morgan fingerprint density at radius 2 is 1.42 bits per heavy atom. The van der Waals surface area contributed by atoms with Crippen LogP contribution in [-0.2, 0) is 11.3 Å². The standard InChI is InChI=1S/C26H29N3O2/c30-26(27-24-14-7-8-15-25(24)31-23-12-5-2-6-13-23)21-29-17-9-16-28(18-19-29)20-22-10-3-1-4-11-22/h1-8,10-15H,9,16-21H2,(H,27,30). The molecule has 0 unspecified atom stereocenters. The highest BCUT2D eigenvalue weighted by atomic mass is 16.5. The first-order valence-corrected chi connectivity index (χ1v) is 10.9. The molecule has 5 heteroatoms. The van der Waals surface area contributed by atoms with Crippen molar-refractivity contribution in [2.45, 2.75) is 13.0 Å². The highest BCUT2D eigenvalue weighted by Gasteiger charge is 2.18. The van der Waals surface area contributed by atoms with E-state index in [-0.39, 0.29) is 5.91 Å². The fourth-order valence-electron chi connectivity index (χ4n) is 3.85. The molecular formula is C26H29N3O2. The molecule has 1 fully saturated rings. The largest absolute Gasteiger partial charge is 0.455 e. The zero-order chi connectivity index (χ0) is 21.3. The topological polar surface area (TPSA) is 44.8 Å². The van der Waals surface area contributed by atoms with Gasteiger partial charge in [-0.25, -0.2) is 0 Å². The Labute approximate surface area is 184 Å². The lowest BCUT2D eigenvalue weighted by atomic mass is 10.2. The summed E-state index contributed by atoms with van der Waals surface area (Å²) in [5.41, 5.74) is 2.03. The summed E-state index contributed by atoms with van der Waals surface area (Å²) in [6.45, 7) is 5.20. The van der Waals surface area contributed by atoms with Gasteiger partial charge in [0.25, 0.3) is 0 Å². The summed E-state index contributed by atoms with van der Waals surface area (Å²) in [7, 11) is 0. The number of nitrogens with one attached hydrogen (secondary N) is 1. The van der Waals surface area contributed by atoms with Gasteiger partial charge in [-0.3, -0.25) is 14.6 Å². The lowest BCUT2D eigenvalue weighted by molar-refractivity contribution is -0.117. The summed E-state index contributed by atoms with van der Waals surface area (Å²) in [5.74, 6) is 1.38. The van der Waals surface area contributed by atoms with Gasteiger partial charge < -0.3 is 10.1 Å². The van der Waals surface area contributed by atoms with E-state index in [0.717, 1.165) is 44.9 Å². The van der Waals surface area contributed by atoms with Crippen molar-refractivity contribution in [1.29, 1.82) is 0 Å². The van der Waals surface area contributed by atoms with Crippen LogP contribution >= 0.6 is 0 Å². The SMILES string of the molecule is O=C(CN1CCCN(Cc2ccccc2)CC1)Nc1ccccc1Oc1ccccc1. The number of hydrogen-bond donors (Lipinski definition) is 1. The molecule has 0 bridgehead atoms. The van der Waals surface area contributed by atoms with E-state index in [1.54, 1.807) is 0 Å². The fraction of sp³-hybridized carbons (Fsp3) is 0.269. The van der Waals surface area contributed by atoms with Crippen molar-refractivity contribution < 1.29 is 9.53 Å².